The average Bonchev–Trinajstić information content (AvgIpc) is 3.07. The van der Waals surface area contributed by atoms with Crippen molar-refractivity contribution in [1.82, 2.24) is 14.8 Å². The Kier molecular flexibility index (Phi) is 6.37. The van der Waals surface area contributed by atoms with E-state index in [1.807, 2.05) is 61.5 Å². The molecule has 158 valence electrons. The van der Waals surface area contributed by atoms with Crippen LogP contribution in [0.4, 0.5) is 0 Å². The molecule has 3 heterocycles. The molecule has 7 nitrogen and oxygen atoms in total. The first kappa shape index (κ1) is 21.2. The van der Waals surface area contributed by atoms with Crippen LogP contribution in [0.2, 0.25) is 0 Å². The Morgan fingerprint density at radius 3 is 2.63 bits per heavy atom. The fraction of sp³-hybridized carbons (Fsp3) is 0.364. The molecule has 30 heavy (non-hydrogen) atoms. The summed E-state index contributed by atoms with van der Waals surface area (Å²) in [5.41, 5.74) is 3.19. The molecule has 0 amide bonds. The van der Waals surface area contributed by atoms with E-state index in [0.29, 0.717) is 25.4 Å². The van der Waals surface area contributed by atoms with Crippen LogP contribution in [0, 0.1) is 16.4 Å². The number of aryl methyl sites for hydroxylation is 1. The van der Waals surface area contributed by atoms with E-state index < -0.39 is 6.35 Å². The van der Waals surface area contributed by atoms with Crippen molar-refractivity contribution in [2.75, 3.05) is 26.7 Å². The molecule has 1 aromatic heterocycles. The Labute approximate surface area is 189 Å². The average molecular weight is 520 g/mol. The van der Waals surface area contributed by atoms with Crippen LogP contribution in [-0.4, -0.2) is 64.0 Å². The smallest absolute Gasteiger partial charge is 0.204 e. The third-order valence-corrected chi connectivity index (χ3v) is 6.07. The SMILES string of the molecule is Cc1ccc(OC2=NC3=C(CN(CCO)C(O)N3C)[C@H]2Cc2ccc(I)cn2)cc1. The highest BCUT2D eigenvalue weighted by molar-refractivity contribution is 14.1. The molecule has 4 rings (SSSR count). The maximum atomic E-state index is 10.6. The van der Waals surface area contributed by atoms with Crippen LogP contribution < -0.4 is 4.74 Å². The third-order valence-electron chi connectivity index (χ3n) is 5.44. The number of aliphatic hydroxyl groups is 2. The Morgan fingerprint density at radius 2 is 1.97 bits per heavy atom. The third kappa shape index (κ3) is 4.36. The minimum Gasteiger partial charge on any atom is -0.442 e. The fourth-order valence-electron chi connectivity index (χ4n) is 3.79. The van der Waals surface area contributed by atoms with E-state index in [0.717, 1.165) is 32.0 Å². The van der Waals surface area contributed by atoms with E-state index in [2.05, 4.69) is 27.6 Å². The summed E-state index contributed by atoms with van der Waals surface area (Å²) in [6.45, 7) is 2.91. The van der Waals surface area contributed by atoms with Gasteiger partial charge in [-0.1, -0.05) is 17.7 Å². The molecule has 2 aliphatic heterocycles. The van der Waals surface area contributed by atoms with Gasteiger partial charge < -0.3 is 19.8 Å². The summed E-state index contributed by atoms with van der Waals surface area (Å²) in [6.07, 6.45) is 1.67. The van der Waals surface area contributed by atoms with Gasteiger partial charge >= 0.3 is 0 Å². The lowest BCUT2D eigenvalue weighted by Gasteiger charge is -2.40. The van der Waals surface area contributed by atoms with E-state index >= 15 is 0 Å². The van der Waals surface area contributed by atoms with Crippen molar-refractivity contribution >= 4 is 28.5 Å². The summed E-state index contributed by atoms with van der Waals surface area (Å²) >= 11 is 2.24. The summed E-state index contributed by atoms with van der Waals surface area (Å²) in [7, 11) is 1.81. The number of aliphatic hydroxyl groups excluding tert-OH is 2. The van der Waals surface area contributed by atoms with Gasteiger partial charge in [-0.15, -0.1) is 0 Å². The lowest BCUT2D eigenvalue weighted by molar-refractivity contribution is -0.0975. The number of benzene rings is 1. The zero-order valence-corrected chi connectivity index (χ0v) is 19.2. The van der Waals surface area contributed by atoms with Crippen molar-refractivity contribution in [2.45, 2.75) is 19.7 Å². The molecule has 0 bridgehead atoms. The van der Waals surface area contributed by atoms with E-state index in [-0.39, 0.29) is 12.5 Å². The fourth-order valence-corrected chi connectivity index (χ4v) is 4.11. The molecule has 2 atom stereocenters. The number of hydrogen-bond donors (Lipinski definition) is 2. The number of hydrogen-bond acceptors (Lipinski definition) is 7. The second kappa shape index (κ2) is 9.01. The number of nitrogens with zero attached hydrogens (tertiary/aromatic N) is 4. The minimum atomic E-state index is -0.838. The zero-order chi connectivity index (χ0) is 21.3. The van der Waals surface area contributed by atoms with Gasteiger partial charge in [0.05, 0.1) is 12.5 Å². The van der Waals surface area contributed by atoms with E-state index in [4.69, 9.17) is 9.73 Å². The number of aliphatic imine (C=N–C) groups is 1. The van der Waals surface area contributed by atoms with Gasteiger partial charge in [0.25, 0.3) is 0 Å². The summed E-state index contributed by atoms with van der Waals surface area (Å²) in [6, 6.07) is 12.0. The first-order valence-electron chi connectivity index (χ1n) is 9.88. The quantitative estimate of drug-likeness (QED) is 0.590. The number of β-amino-alcohol motifs (C(OH)–C–C–N with tert-alkyl or cyclic N) is 1. The zero-order valence-electron chi connectivity index (χ0n) is 17.0. The molecule has 0 saturated heterocycles. The van der Waals surface area contributed by atoms with Crippen molar-refractivity contribution in [1.29, 1.82) is 0 Å². The van der Waals surface area contributed by atoms with Crippen molar-refractivity contribution < 1.29 is 14.9 Å². The van der Waals surface area contributed by atoms with E-state index in [9.17, 15) is 10.2 Å². The van der Waals surface area contributed by atoms with Gasteiger partial charge in [0.15, 0.2) is 6.35 Å². The molecule has 0 fully saturated rings. The highest BCUT2D eigenvalue weighted by atomic mass is 127. The maximum Gasteiger partial charge on any atom is 0.204 e. The largest absolute Gasteiger partial charge is 0.442 e. The van der Waals surface area contributed by atoms with Gasteiger partial charge in [-0.25, -0.2) is 0 Å². The Hall–Kier alpha value is -2.01. The highest BCUT2D eigenvalue weighted by Crippen LogP contribution is 2.36. The van der Waals surface area contributed by atoms with Crippen LogP contribution in [0.15, 0.2) is 59.0 Å². The Bertz CT molecular complexity index is 959. The molecule has 2 aliphatic rings. The predicted molar refractivity (Wildman–Crippen MR) is 123 cm³/mol. The Balaban J connectivity index is 1.66. The van der Waals surface area contributed by atoms with Gasteiger partial charge in [0, 0.05) is 42.0 Å². The molecular weight excluding hydrogens is 495 g/mol. The number of rotatable bonds is 5. The monoisotopic (exact) mass is 520 g/mol. The van der Waals surface area contributed by atoms with Crippen molar-refractivity contribution in [3.63, 3.8) is 0 Å². The number of pyridine rings is 1. The van der Waals surface area contributed by atoms with Crippen molar-refractivity contribution in [2.24, 2.45) is 10.9 Å². The predicted octanol–water partition coefficient (Wildman–Crippen LogP) is 2.37. The molecule has 0 radical (unpaired) electrons. The van der Waals surface area contributed by atoms with Gasteiger partial charge in [-0.2, -0.15) is 4.99 Å². The normalized spacial score (nSPS) is 21.6. The van der Waals surface area contributed by atoms with Crippen LogP contribution in [0.3, 0.4) is 0 Å². The first-order chi connectivity index (χ1) is 14.5. The first-order valence-corrected chi connectivity index (χ1v) is 11.0. The van der Waals surface area contributed by atoms with Crippen LogP contribution >= 0.6 is 22.6 Å². The highest BCUT2D eigenvalue weighted by Gasteiger charge is 2.40. The second-order valence-electron chi connectivity index (χ2n) is 7.59. The summed E-state index contributed by atoms with van der Waals surface area (Å²) in [5.74, 6) is 1.98. The summed E-state index contributed by atoms with van der Waals surface area (Å²) < 4.78 is 7.30. The molecule has 2 aromatic rings. The van der Waals surface area contributed by atoms with Crippen molar-refractivity contribution in [3.05, 3.63) is 68.8 Å². The lowest BCUT2D eigenvalue weighted by atomic mass is 9.93. The van der Waals surface area contributed by atoms with Crippen LogP contribution in [0.1, 0.15) is 11.3 Å². The molecule has 0 saturated carbocycles. The van der Waals surface area contributed by atoms with Crippen LogP contribution in [0.5, 0.6) is 5.75 Å². The minimum absolute atomic E-state index is 0.0234. The molecule has 2 N–H and O–H groups in total. The molecule has 1 unspecified atom stereocenters. The molecule has 1 aromatic carbocycles. The van der Waals surface area contributed by atoms with E-state index in [1.54, 1.807) is 4.90 Å². The summed E-state index contributed by atoms with van der Waals surface area (Å²) in [5, 5.41) is 20.0. The summed E-state index contributed by atoms with van der Waals surface area (Å²) in [4.78, 5) is 12.9. The molecule has 0 aliphatic carbocycles. The number of aromatic nitrogens is 1. The molecule has 0 spiro atoms. The number of ether oxygens (including phenoxy) is 1. The molecular formula is C22H25IN4O3. The standard InChI is InChI=1S/C22H25IN4O3/c1-14-3-7-17(8-4-14)30-21-18(11-16-6-5-15(23)12-24-16)19-13-27(9-10-28)22(29)26(2)20(19)25-21/h3-8,12,18,22,28-29H,9-11,13H2,1-2H3/t18-,22?/m1/s1. The van der Waals surface area contributed by atoms with Gasteiger partial charge in [-0.05, 0) is 59.4 Å². The molecule has 8 heteroatoms. The maximum absolute atomic E-state index is 10.6. The number of halogens is 1. The van der Waals surface area contributed by atoms with Gasteiger partial charge in [-0.3, -0.25) is 9.88 Å². The van der Waals surface area contributed by atoms with Gasteiger partial charge in [0.1, 0.15) is 11.6 Å². The second-order valence-corrected chi connectivity index (χ2v) is 8.84. The van der Waals surface area contributed by atoms with Crippen LogP contribution in [0.25, 0.3) is 0 Å². The van der Waals surface area contributed by atoms with E-state index in [1.165, 1.54) is 0 Å². The topological polar surface area (TPSA) is 81.4 Å². The Morgan fingerprint density at radius 1 is 1.20 bits per heavy atom. The van der Waals surface area contributed by atoms with Crippen molar-refractivity contribution in [3.8, 4) is 5.75 Å². The van der Waals surface area contributed by atoms with Gasteiger partial charge in [0.2, 0.25) is 5.90 Å². The lowest BCUT2D eigenvalue weighted by Crippen LogP contribution is -2.52. The van der Waals surface area contributed by atoms with Crippen LogP contribution in [-0.2, 0) is 6.42 Å².